The molecule has 1 saturated carbocycles. The minimum absolute atomic E-state index is 0.0795. The summed E-state index contributed by atoms with van der Waals surface area (Å²) in [6.45, 7) is 1.41. The zero-order valence-electron chi connectivity index (χ0n) is 12.9. The summed E-state index contributed by atoms with van der Waals surface area (Å²) < 4.78 is 7.61. The van der Waals surface area contributed by atoms with Crippen LogP contribution in [-0.4, -0.2) is 32.5 Å². The Morgan fingerprint density at radius 2 is 2.22 bits per heavy atom. The predicted octanol–water partition coefficient (Wildman–Crippen LogP) is 2.56. The van der Waals surface area contributed by atoms with Crippen LogP contribution in [0.15, 0.2) is 28.0 Å². The van der Waals surface area contributed by atoms with Gasteiger partial charge in [-0.3, -0.25) is 9.36 Å². The number of hydrogen-bond donors (Lipinski definition) is 1. The van der Waals surface area contributed by atoms with Crippen molar-refractivity contribution in [2.45, 2.75) is 55.0 Å². The van der Waals surface area contributed by atoms with Crippen molar-refractivity contribution < 1.29 is 9.21 Å². The first kappa shape index (κ1) is 14.8. The molecule has 1 aliphatic carbocycles. The summed E-state index contributed by atoms with van der Waals surface area (Å²) in [5.74, 6) is 2.54. The summed E-state index contributed by atoms with van der Waals surface area (Å²) in [7, 11) is 0. The molecule has 3 heterocycles. The molecule has 6 nitrogen and oxygen atoms in total. The molecule has 0 aromatic carbocycles. The Morgan fingerprint density at radius 1 is 1.30 bits per heavy atom. The molecule has 1 unspecified atom stereocenters. The summed E-state index contributed by atoms with van der Waals surface area (Å²) in [4.78, 5) is 12.2. The average molecular weight is 332 g/mol. The Bertz CT molecular complexity index is 678. The van der Waals surface area contributed by atoms with Crippen LogP contribution in [0.2, 0.25) is 0 Å². The normalized spacial score (nSPS) is 21.9. The van der Waals surface area contributed by atoms with Gasteiger partial charge in [0.05, 0.1) is 18.1 Å². The number of rotatable bonds is 5. The van der Waals surface area contributed by atoms with Gasteiger partial charge >= 0.3 is 0 Å². The van der Waals surface area contributed by atoms with E-state index in [1.54, 1.807) is 6.26 Å². The number of hydrogen-bond acceptors (Lipinski definition) is 5. The van der Waals surface area contributed by atoms with E-state index in [0.717, 1.165) is 42.5 Å². The predicted molar refractivity (Wildman–Crippen MR) is 86.3 cm³/mol. The number of nitrogens with one attached hydrogen (secondary N) is 1. The standard InChI is InChI=1S/C16H20N4O2S/c21-15-13(5-1-2-8-17-15)23-16-19-18-14(11-6-7-11)20(16)10-12-4-3-9-22-12/h3-4,9,11,13H,1-2,5-8,10H2,(H,17,21). The number of nitrogens with zero attached hydrogens (tertiary/aromatic N) is 3. The van der Waals surface area contributed by atoms with Gasteiger partial charge < -0.3 is 9.73 Å². The van der Waals surface area contributed by atoms with E-state index in [1.165, 1.54) is 24.6 Å². The van der Waals surface area contributed by atoms with Crippen LogP contribution in [-0.2, 0) is 11.3 Å². The van der Waals surface area contributed by atoms with Crippen LogP contribution in [0, 0.1) is 0 Å². The first-order valence-electron chi connectivity index (χ1n) is 8.21. The van der Waals surface area contributed by atoms with Gasteiger partial charge in [-0.1, -0.05) is 18.2 Å². The van der Waals surface area contributed by atoms with Crippen LogP contribution in [0.5, 0.6) is 0 Å². The fraction of sp³-hybridized carbons (Fsp3) is 0.562. The van der Waals surface area contributed by atoms with Gasteiger partial charge in [0.25, 0.3) is 0 Å². The summed E-state index contributed by atoms with van der Waals surface area (Å²) >= 11 is 1.54. The van der Waals surface area contributed by atoms with Gasteiger partial charge in [0.15, 0.2) is 5.16 Å². The highest BCUT2D eigenvalue weighted by molar-refractivity contribution is 8.00. The van der Waals surface area contributed by atoms with Crippen LogP contribution in [0.1, 0.15) is 49.6 Å². The molecule has 4 rings (SSSR count). The lowest BCUT2D eigenvalue weighted by atomic mass is 10.2. The van der Waals surface area contributed by atoms with Crippen LogP contribution >= 0.6 is 11.8 Å². The van der Waals surface area contributed by atoms with Crippen molar-refractivity contribution >= 4 is 17.7 Å². The number of furan rings is 1. The number of carbonyl (C=O) groups is 1. The van der Waals surface area contributed by atoms with E-state index in [4.69, 9.17) is 4.42 Å². The van der Waals surface area contributed by atoms with Crippen molar-refractivity contribution in [2.24, 2.45) is 0 Å². The molecule has 2 aliphatic rings. The topological polar surface area (TPSA) is 73.0 Å². The molecule has 0 bridgehead atoms. The molecule has 2 aromatic heterocycles. The van der Waals surface area contributed by atoms with E-state index < -0.39 is 0 Å². The first-order valence-corrected chi connectivity index (χ1v) is 9.09. The third kappa shape index (κ3) is 3.29. The van der Waals surface area contributed by atoms with E-state index >= 15 is 0 Å². The Hall–Kier alpha value is -1.76. The Labute approximate surface area is 139 Å². The van der Waals surface area contributed by atoms with Crippen LogP contribution < -0.4 is 5.32 Å². The van der Waals surface area contributed by atoms with E-state index in [0.29, 0.717) is 12.5 Å². The summed E-state index contributed by atoms with van der Waals surface area (Å²) in [5.41, 5.74) is 0. The lowest BCUT2D eigenvalue weighted by Crippen LogP contribution is -2.30. The third-order valence-corrected chi connectivity index (χ3v) is 5.56. The smallest absolute Gasteiger partial charge is 0.233 e. The van der Waals surface area contributed by atoms with E-state index in [9.17, 15) is 4.79 Å². The number of carbonyl (C=O) groups excluding carboxylic acids is 1. The van der Waals surface area contributed by atoms with E-state index in [1.807, 2.05) is 12.1 Å². The maximum atomic E-state index is 12.2. The highest BCUT2D eigenvalue weighted by Crippen LogP contribution is 2.41. The van der Waals surface area contributed by atoms with Gasteiger partial charge in [-0.2, -0.15) is 0 Å². The summed E-state index contributed by atoms with van der Waals surface area (Å²) in [6.07, 6.45) is 7.04. The lowest BCUT2D eigenvalue weighted by molar-refractivity contribution is -0.120. The highest BCUT2D eigenvalue weighted by atomic mass is 32.2. The largest absolute Gasteiger partial charge is 0.467 e. The van der Waals surface area contributed by atoms with Gasteiger partial charge in [0, 0.05) is 12.5 Å². The van der Waals surface area contributed by atoms with Gasteiger partial charge in [0.1, 0.15) is 11.6 Å². The quantitative estimate of drug-likeness (QED) is 0.911. The maximum Gasteiger partial charge on any atom is 0.233 e. The van der Waals surface area contributed by atoms with Gasteiger partial charge in [-0.25, -0.2) is 0 Å². The monoisotopic (exact) mass is 332 g/mol. The molecule has 1 N–H and O–H groups in total. The van der Waals surface area contributed by atoms with Crippen LogP contribution in [0.25, 0.3) is 0 Å². The molecule has 2 aromatic rings. The molecule has 0 spiro atoms. The fourth-order valence-corrected chi connectivity index (χ4v) is 3.99. The van der Waals surface area contributed by atoms with Gasteiger partial charge in [-0.05, 0) is 37.8 Å². The Balaban J connectivity index is 1.58. The molecule has 23 heavy (non-hydrogen) atoms. The van der Waals surface area contributed by atoms with Crippen molar-refractivity contribution in [3.63, 3.8) is 0 Å². The molecule has 1 atom stereocenters. The number of amides is 1. The van der Waals surface area contributed by atoms with E-state index in [-0.39, 0.29) is 11.2 Å². The van der Waals surface area contributed by atoms with Crippen molar-refractivity contribution in [3.8, 4) is 0 Å². The second-order valence-electron chi connectivity index (χ2n) is 6.17. The summed E-state index contributed by atoms with van der Waals surface area (Å²) in [5, 5.41) is 12.5. The van der Waals surface area contributed by atoms with Gasteiger partial charge in [0.2, 0.25) is 5.91 Å². The molecular weight excluding hydrogens is 312 g/mol. The number of aromatic nitrogens is 3. The van der Waals surface area contributed by atoms with Crippen LogP contribution in [0.3, 0.4) is 0 Å². The fourth-order valence-electron chi connectivity index (χ4n) is 2.89. The molecule has 1 saturated heterocycles. The molecule has 1 aliphatic heterocycles. The SMILES string of the molecule is O=C1NCCCCC1Sc1nnc(C2CC2)n1Cc1ccco1. The van der Waals surface area contributed by atoms with Gasteiger partial charge in [-0.15, -0.1) is 10.2 Å². The lowest BCUT2D eigenvalue weighted by Gasteiger charge is -2.13. The summed E-state index contributed by atoms with van der Waals surface area (Å²) in [6, 6.07) is 3.85. The Kier molecular flexibility index (Phi) is 4.11. The van der Waals surface area contributed by atoms with Crippen molar-refractivity contribution in [2.75, 3.05) is 6.54 Å². The highest BCUT2D eigenvalue weighted by Gasteiger charge is 2.32. The third-order valence-electron chi connectivity index (χ3n) is 4.31. The zero-order chi connectivity index (χ0) is 15.6. The molecule has 0 radical (unpaired) electrons. The first-order chi connectivity index (χ1) is 11.3. The second kappa shape index (κ2) is 6.39. The van der Waals surface area contributed by atoms with Crippen molar-refractivity contribution in [1.82, 2.24) is 20.1 Å². The molecule has 7 heteroatoms. The molecule has 2 fully saturated rings. The minimum Gasteiger partial charge on any atom is -0.467 e. The van der Waals surface area contributed by atoms with Crippen molar-refractivity contribution in [3.05, 3.63) is 30.0 Å². The molecular formula is C16H20N4O2S. The van der Waals surface area contributed by atoms with E-state index in [2.05, 4.69) is 20.1 Å². The minimum atomic E-state index is -0.0795. The average Bonchev–Trinajstić information content (AvgIpc) is 3.19. The van der Waals surface area contributed by atoms with Crippen molar-refractivity contribution in [1.29, 1.82) is 0 Å². The second-order valence-corrected chi connectivity index (χ2v) is 7.34. The zero-order valence-corrected chi connectivity index (χ0v) is 13.7. The molecule has 122 valence electrons. The van der Waals surface area contributed by atoms with Crippen LogP contribution in [0.4, 0.5) is 0 Å². The molecule has 1 amide bonds. The maximum absolute atomic E-state index is 12.2. The Morgan fingerprint density at radius 3 is 3.00 bits per heavy atom. The number of thioether (sulfide) groups is 1.